The van der Waals surface area contributed by atoms with Gasteiger partial charge in [0.1, 0.15) is 6.61 Å². The summed E-state index contributed by atoms with van der Waals surface area (Å²) in [6, 6.07) is 14.6. The summed E-state index contributed by atoms with van der Waals surface area (Å²) in [5, 5.41) is 12.3. The molecule has 0 bridgehead atoms. The van der Waals surface area contributed by atoms with Crippen LogP contribution in [-0.2, 0) is 11.3 Å². The highest BCUT2D eigenvalue weighted by molar-refractivity contribution is 6.03. The number of alkyl carbamates (subject to hydrolysis) is 1. The molecule has 0 aliphatic heterocycles. The zero-order valence-electron chi connectivity index (χ0n) is 13.8. The molecule has 0 aliphatic rings. The van der Waals surface area contributed by atoms with E-state index >= 15 is 0 Å². The molecule has 26 heavy (non-hydrogen) atoms. The summed E-state index contributed by atoms with van der Waals surface area (Å²) >= 11 is 0. The summed E-state index contributed by atoms with van der Waals surface area (Å²) < 4.78 is 5.08. The molecule has 0 aliphatic carbocycles. The average Bonchev–Trinajstić information content (AvgIpc) is 3.08. The number of aromatic amines is 1. The fourth-order valence-electron chi connectivity index (χ4n) is 2.41. The number of carboxylic acids is 1. The quantitative estimate of drug-likeness (QED) is 0.632. The second kappa shape index (κ2) is 7.90. The molecule has 1 amide bonds. The molecular weight excluding hydrogens is 332 g/mol. The molecule has 1 aromatic heterocycles. The minimum atomic E-state index is -0.996. The molecule has 6 nitrogen and oxygen atoms in total. The third kappa shape index (κ3) is 4.22. The predicted molar refractivity (Wildman–Crippen MR) is 96.8 cm³/mol. The van der Waals surface area contributed by atoms with Crippen LogP contribution in [0, 0.1) is 11.8 Å². The second-order valence-electron chi connectivity index (χ2n) is 5.48. The van der Waals surface area contributed by atoms with Crippen LogP contribution in [0.1, 0.15) is 21.5 Å². The van der Waals surface area contributed by atoms with Gasteiger partial charge in [-0.25, -0.2) is 9.59 Å². The van der Waals surface area contributed by atoms with Gasteiger partial charge in [0, 0.05) is 22.7 Å². The number of carbonyl (C=O) groups excluding carboxylic acids is 1. The van der Waals surface area contributed by atoms with Gasteiger partial charge in [-0.15, -0.1) is 0 Å². The molecule has 6 heteroatoms. The molecule has 0 spiro atoms. The molecule has 2 aromatic carbocycles. The maximum atomic E-state index is 11.6. The number of benzene rings is 2. The molecule has 0 fully saturated rings. The van der Waals surface area contributed by atoms with Crippen molar-refractivity contribution in [2.45, 2.75) is 6.61 Å². The van der Waals surface area contributed by atoms with Crippen molar-refractivity contribution in [3.8, 4) is 11.8 Å². The average molecular weight is 348 g/mol. The van der Waals surface area contributed by atoms with Crippen LogP contribution in [0.3, 0.4) is 0 Å². The highest BCUT2D eigenvalue weighted by Gasteiger charge is 2.10. The van der Waals surface area contributed by atoms with Gasteiger partial charge in [-0.1, -0.05) is 42.2 Å². The highest BCUT2D eigenvalue weighted by atomic mass is 16.5. The van der Waals surface area contributed by atoms with Crippen molar-refractivity contribution < 1.29 is 19.4 Å². The van der Waals surface area contributed by atoms with E-state index in [1.807, 2.05) is 30.3 Å². The van der Waals surface area contributed by atoms with E-state index in [2.05, 4.69) is 22.1 Å². The van der Waals surface area contributed by atoms with E-state index in [-0.39, 0.29) is 18.7 Å². The lowest BCUT2D eigenvalue weighted by Gasteiger charge is -2.04. The van der Waals surface area contributed by atoms with Crippen molar-refractivity contribution in [3.05, 3.63) is 71.4 Å². The first-order chi connectivity index (χ1) is 12.6. The minimum Gasteiger partial charge on any atom is -0.478 e. The number of hydrogen-bond acceptors (Lipinski definition) is 3. The summed E-state index contributed by atoms with van der Waals surface area (Å²) in [5.74, 6) is 4.72. The first-order valence-corrected chi connectivity index (χ1v) is 7.91. The van der Waals surface area contributed by atoms with Crippen LogP contribution in [-0.4, -0.2) is 28.7 Å². The Morgan fingerprint density at radius 2 is 1.96 bits per heavy atom. The van der Waals surface area contributed by atoms with Gasteiger partial charge in [-0.2, -0.15) is 0 Å². The molecule has 0 atom stereocenters. The number of H-pyrrole nitrogens is 1. The number of ether oxygens (including phenoxy) is 1. The van der Waals surface area contributed by atoms with Gasteiger partial charge in [0.05, 0.1) is 12.1 Å². The third-order valence-corrected chi connectivity index (χ3v) is 3.68. The Morgan fingerprint density at radius 1 is 1.15 bits per heavy atom. The number of fused-ring (bicyclic) bond motifs is 1. The summed E-state index contributed by atoms with van der Waals surface area (Å²) in [4.78, 5) is 25.7. The minimum absolute atomic E-state index is 0.130. The third-order valence-electron chi connectivity index (χ3n) is 3.68. The van der Waals surface area contributed by atoms with Crippen molar-refractivity contribution in [2.24, 2.45) is 0 Å². The summed E-state index contributed by atoms with van der Waals surface area (Å²) in [5.41, 5.74) is 2.50. The smallest absolute Gasteiger partial charge is 0.408 e. The normalized spacial score (nSPS) is 10.0. The number of nitrogens with one attached hydrogen (secondary N) is 2. The number of carboxylic acid groups (broad SMARTS) is 1. The monoisotopic (exact) mass is 348 g/mol. The highest BCUT2D eigenvalue weighted by Crippen LogP contribution is 2.19. The van der Waals surface area contributed by atoms with E-state index in [1.165, 1.54) is 6.20 Å². The molecular formula is C20H16N2O4. The molecule has 1 heterocycles. The Hall–Kier alpha value is -3.72. The fraction of sp³-hybridized carbons (Fsp3) is 0.100. The molecule has 0 saturated heterocycles. The van der Waals surface area contributed by atoms with Crippen LogP contribution in [0.4, 0.5) is 4.79 Å². The van der Waals surface area contributed by atoms with Gasteiger partial charge in [-0.3, -0.25) is 0 Å². The van der Waals surface area contributed by atoms with Gasteiger partial charge in [0.2, 0.25) is 0 Å². The second-order valence-corrected chi connectivity index (χ2v) is 5.48. The van der Waals surface area contributed by atoms with Crippen LogP contribution < -0.4 is 5.32 Å². The van der Waals surface area contributed by atoms with Crippen LogP contribution in [0.5, 0.6) is 0 Å². The number of aromatic nitrogens is 1. The Bertz CT molecular complexity index is 997. The van der Waals surface area contributed by atoms with E-state index in [1.54, 1.807) is 18.2 Å². The van der Waals surface area contributed by atoms with E-state index in [4.69, 9.17) is 9.84 Å². The van der Waals surface area contributed by atoms with Gasteiger partial charge in [-0.05, 0) is 23.8 Å². The summed E-state index contributed by atoms with van der Waals surface area (Å²) in [6.07, 6.45) is 0.909. The largest absolute Gasteiger partial charge is 0.478 e. The van der Waals surface area contributed by atoms with Crippen LogP contribution in [0.15, 0.2) is 54.7 Å². The Kier molecular flexibility index (Phi) is 5.20. The number of carbonyl (C=O) groups is 2. The maximum Gasteiger partial charge on any atom is 0.408 e. The number of amides is 1. The zero-order valence-corrected chi connectivity index (χ0v) is 13.8. The molecule has 0 saturated carbocycles. The van der Waals surface area contributed by atoms with Crippen molar-refractivity contribution in [1.82, 2.24) is 10.3 Å². The van der Waals surface area contributed by atoms with Crippen molar-refractivity contribution in [1.29, 1.82) is 0 Å². The molecule has 0 unspecified atom stereocenters. The topological polar surface area (TPSA) is 91.4 Å². The SMILES string of the molecule is O=C(NCC#Cc1ccc2[nH]cc(C(=O)O)c2c1)OCc1ccccc1. The lowest BCUT2D eigenvalue weighted by atomic mass is 10.1. The van der Waals surface area contributed by atoms with Gasteiger partial charge in [0.15, 0.2) is 0 Å². The van der Waals surface area contributed by atoms with Crippen molar-refractivity contribution in [3.63, 3.8) is 0 Å². The Morgan fingerprint density at radius 3 is 2.73 bits per heavy atom. The van der Waals surface area contributed by atoms with Crippen LogP contribution in [0.2, 0.25) is 0 Å². The van der Waals surface area contributed by atoms with Gasteiger partial charge >= 0.3 is 12.1 Å². The standard InChI is InChI=1S/C20H16N2O4/c23-19(24)17-12-22-18-9-8-14(11-16(17)18)7-4-10-21-20(25)26-13-15-5-2-1-3-6-15/h1-3,5-6,8-9,11-12,22H,10,13H2,(H,21,25)(H,23,24). The van der Waals surface area contributed by atoms with E-state index < -0.39 is 12.1 Å². The number of aromatic carboxylic acids is 1. The summed E-state index contributed by atoms with van der Waals surface area (Å²) in [7, 11) is 0. The van der Waals surface area contributed by atoms with E-state index in [9.17, 15) is 9.59 Å². The van der Waals surface area contributed by atoms with Crippen molar-refractivity contribution >= 4 is 23.0 Å². The number of hydrogen-bond donors (Lipinski definition) is 3. The van der Waals surface area contributed by atoms with Gasteiger partial charge < -0.3 is 20.1 Å². The first kappa shape index (κ1) is 17.1. The Balaban J connectivity index is 1.54. The first-order valence-electron chi connectivity index (χ1n) is 7.91. The zero-order chi connectivity index (χ0) is 18.4. The molecule has 3 aromatic rings. The number of rotatable bonds is 4. The molecule has 130 valence electrons. The van der Waals surface area contributed by atoms with E-state index in [0.717, 1.165) is 11.1 Å². The lowest BCUT2D eigenvalue weighted by molar-refractivity contribution is 0.0699. The summed E-state index contributed by atoms with van der Waals surface area (Å²) in [6.45, 7) is 0.326. The fourth-order valence-corrected chi connectivity index (χ4v) is 2.41. The molecule has 3 N–H and O–H groups in total. The predicted octanol–water partition coefficient (Wildman–Crippen LogP) is 3.14. The Labute approximate surface area is 149 Å². The van der Waals surface area contributed by atoms with Crippen molar-refractivity contribution in [2.75, 3.05) is 6.54 Å². The van der Waals surface area contributed by atoms with Crippen LogP contribution in [0.25, 0.3) is 10.9 Å². The van der Waals surface area contributed by atoms with Gasteiger partial charge in [0.25, 0.3) is 0 Å². The molecule has 3 rings (SSSR count). The van der Waals surface area contributed by atoms with E-state index in [0.29, 0.717) is 10.9 Å². The maximum absolute atomic E-state index is 11.6. The molecule has 0 radical (unpaired) electrons. The lowest BCUT2D eigenvalue weighted by Crippen LogP contribution is -2.24. The van der Waals surface area contributed by atoms with Crippen LogP contribution >= 0.6 is 0 Å².